The summed E-state index contributed by atoms with van der Waals surface area (Å²) in [5, 5.41) is 11.3. The van der Waals surface area contributed by atoms with Crippen LogP contribution in [0.25, 0.3) is 0 Å². The Kier molecular flexibility index (Phi) is 4.37. The number of nitrogens with one attached hydrogen (secondary N) is 1. The summed E-state index contributed by atoms with van der Waals surface area (Å²) in [5.74, 6) is -2.34. The van der Waals surface area contributed by atoms with Crippen molar-refractivity contribution in [2.75, 3.05) is 5.32 Å². The van der Waals surface area contributed by atoms with Crippen LogP contribution in [0.3, 0.4) is 0 Å². The number of aryl methyl sites for hydroxylation is 1. The van der Waals surface area contributed by atoms with Crippen molar-refractivity contribution in [3.63, 3.8) is 0 Å². The van der Waals surface area contributed by atoms with Crippen LogP contribution in [0.4, 0.5) is 10.1 Å². The van der Waals surface area contributed by atoms with E-state index < -0.39 is 17.7 Å². The number of carbonyl (C=O) groups is 2. The van der Waals surface area contributed by atoms with Crippen LogP contribution in [-0.2, 0) is 6.54 Å². The average molecular weight is 290 g/mol. The number of nitrogens with zero attached hydrogens (tertiary/aromatic N) is 1. The van der Waals surface area contributed by atoms with Crippen molar-refractivity contribution in [2.45, 2.75) is 19.9 Å². The molecule has 2 N–H and O–H groups in total. The van der Waals surface area contributed by atoms with Crippen LogP contribution in [0.2, 0.25) is 0 Å². The number of halogens is 1. The number of carbonyl (C=O) groups excluding carboxylic acids is 1. The quantitative estimate of drug-likeness (QED) is 0.889. The van der Waals surface area contributed by atoms with Crippen LogP contribution in [0.15, 0.2) is 36.5 Å². The maximum Gasteiger partial charge on any atom is 0.335 e. The Morgan fingerprint density at radius 1 is 1.33 bits per heavy atom. The van der Waals surface area contributed by atoms with Gasteiger partial charge in [-0.1, -0.05) is 6.92 Å². The van der Waals surface area contributed by atoms with E-state index in [1.165, 1.54) is 0 Å². The predicted molar refractivity (Wildman–Crippen MR) is 76.0 cm³/mol. The molecule has 0 aliphatic heterocycles. The number of aromatic carboxylic acids is 1. The van der Waals surface area contributed by atoms with Gasteiger partial charge in [0.1, 0.15) is 11.5 Å². The molecule has 0 unspecified atom stereocenters. The first-order valence-electron chi connectivity index (χ1n) is 6.52. The normalized spacial score (nSPS) is 10.4. The molecule has 2 aromatic rings. The second kappa shape index (κ2) is 6.21. The minimum Gasteiger partial charge on any atom is -0.478 e. The topological polar surface area (TPSA) is 71.3 Å². The molecule has 6 heteroatoms. The lowest BCUT2D eigenvalue weighted by atomic mass is 10.2. The first-order valence-corrected chi connectivity index (χ1v) is 6.52. The molecule has 0 bridgehead atoms. The van der Waals surface area contributed by atoms with Gasteiger partial charge in [-0.2, -0.15) is 0 Å². The zero-order chi connectivity index (χ0) is 15.4. The molecule has 0 saturated heterocycles. The molecular formula is C15H15FN2O3. The maximum atomic E-state index is 13.7. The van der Waals surface area contributed by atoms with Crippen LogP contribution in [0.1, 0.15) is 34.2 Å². The molecule has 0 fully saturated rings. The van der Waals surface area contributed by atoms with E-state index in [9.17, 15) is 14.0 Å². The van der Waals surface area contributed by atoms with Gasteiger partial charge < -0.3 is 15.0 Å². The van der Waals surface area contributed by atoms with Crippen LogP contribution in [0.5, 0.6) is 0 Å². The van der Waals surface area contributed by atoms with Gasteiger partial charge in [0.25, 0.3) is 5.91 Å². The fourth-order valence-corrected chi connectivity index (χ4v) is 2.00. The van der Waals surface area contributed by atoms with Crippen molar-refractivity contribution < 1.29 is 19.1 Å². The Hall–Kier alpha value is -2.63. The van der Waals surface area contributed by atoms with Gasteiger partial charge in [-0.25, -0.2) is 9.18 Å². The first-order chi connectivity index (χ1) is 10.0. The standard InChI is InChI=1S/C15H15FN2O3/c1-2-7-18-8-3-4-13(18)14(19)17-12-9-10(15(20)21)5-6-11(12)16/h3-6,8-9H,2,7H2,1H3,(H,17,19)(H,20,21). The number of anilines is 1. The van der Waals surface area contributed by atoms with Gasteiger partial charge in [-0.05, 0) is 36.8 Å². The summed E-state index contributed by atoms with van der Waals surface area (Å²) in [6.45, 7) is 2.66. The number of carboxylic acid groups (broad SMARTS) is 1. The summed E-state index contributed by atoms with van der Waals surface area (Å²) in [6.07, 6.45) is 2.63. The summed E-state index contributed by atoms with van der Waals surface area (Å²) < 4.78 is 15.4. The third-order valence-electron chi connectivity index (χ3n) is 2.99. The Labute approximate surface area is 121 Å². The van der Waals surface area contributed by atoms with E-state index in [4.69, 9.17) is 5.11 Å². The highest BCUT2D eigenvalue weighted by molar-refractivity contribution is 6.03. The molecule has 0 atom stereocenters. The van der Waals surface area contributed by atoms with Crippen molar-refractivity contribution in [1.29, 1.82) is 0 Å². The Bertz CT molecular complexity index is 679. The number of benzene rings is 1. The van der Waals surface area contributed by atoms with Crippen molar-refractivity contribution >= 4 is 17.6 Å². The molecule has 1 heterocycles. The van der Waals surface area contributed by atoms with Gasteiger partial charge in [0.2, 0.25) is 0 Å². The van der Waals surface area contributed by atoms with Crippen LogP contribution >= 0.6 is 0 Å². The van der Waals surface area contributed by atoms with Gasteiger partial charge in [-0.3, -0.25) is 4.79 Å². The Morgan fingerprint density at radius 3 is 2.76 bits per heavy atom. The first kappa shape index (κ1) is 14.8. The number of amides is 1. The zero-order valence-electron chi connectivity index (χ0n) is 11.5. The largest absolute Gasteiger partial charge is 0.478 e. The highest BCUT2D eigenvalue weighted by Gasteiger charge is 2.14. The predicted octanol–water partition coefficient (Wildman–Crippen LogP) is 2.99. The third kappa shape index (κ3) is 3.28. The van der Waals surface area contributed by atoms with Gasteiger partial charge in [0, 0.05) is 12.7 Å². The minimum absolute atomic E-state index is 0.0874. The molecule has 21 heavy (non-hydrogen) atoms. The summed E-state index contributed by atoms with van der Waals surface area (Å²) in [7, 11) is 0. The SMILES string of the molecule is CCCn1cccc1C(=O)Nc1cc(C(=O)O)ccc1F. The minimum atomic E-state index is -1.18. The van der Waals surface area contributed by atoms with Crippen molar-refractivity contribution in [1.82, 2.24) is 4.57 Å². The van der Waals surface area contributed by atoms with E-state index in [1.807, 2.05) is 6.92 Å². The highest BCUT2D eigenvalue weighted by Crippen LogP contribution is 2.17. The number of hydrogen-bond donors (Lipinski definition) is 2. The van der Waals surface area contributed by atoms with E-state index in [0.717, 1.165) is 24.6 Å². The van der Waals surface area contributed by atoms with E-state index >= 15 is 0 Å². The van der Waals surface area contributed by atoms with Gasteiger partial charge >= 0.3 is 5.97 Å². The number of hydrogen-bond acceptors (Lipinski definition) is 2. The van der Waals surface area contributed by atoms with Crippen LogP contribution < -0.4 is 5.32 Å². The molecule has 0 saturated carbocycles. The lowest BCUT2D eigenvalue weighted by Gasteiger charge is -2.10. The fraction of sp³-hybridized carbons (Fsp3) is 0.200. The lowest BCUT2D eigenvalue weighted by Crippen LogP contribution is -2.18. The van der Waals surface area contributed by atoms with E-state index in [-0.39, 0.29) is 11.3 Å². The number of carboxylic acids is 1. The van der Waals surface area contributed by atoms with Crippen LogP contribution in [-0.4, -0.2) is 21.6 Å². The van der Waals surface area contributed by atoms with Crippen molar-refractivity contribution in [3.05, 3.63) is 53.6 Å². The molecule has 0 spiro atoms. The zero-order valence-corrected chi connectivity index (χ0v) is 11.5. The average Bonchev–Trinajstić information content (AvgIpc) is 2.89. The fourth-order valence-electron chi connectivity index (χ4n) is 2.00. The molecule has 1 aromatic heterocycles. The van der Waals surface area contributed by atoms with Gasteiger partial charge in [0.05, 0.1) is 11.3 Å². The second-order valence-electron chi connectivity index (χ2n) is 4.54. The summed E-state index contributed by atoms with van der Waals surface area (Å²) in [4.78, 5) is 23.0. The molecule has 1 aromatic carbocycles. The summed E-state index contributed by atoms with van der Waals surface area (Å²) in [6, 6.07) is 6.62. The molecule has 2 rings (SSSR count). The maximum absolute atomic E-state index is 13.7. The van der Waals surface area contributed by atoms with Crippen molar-refractivity contribution in [3.8, 4) is 0 Å². The lowest BCUT2D eigenvalue weighted by molar-refractivity contribution is 0.0696. The van der Waals surface area contributed by atoms with E-state index in [2.05, 4.69) is 5.32 Å². The van der Waals surface area contributed by atoms with E-state index in [0.29, 0.717) is 12.2 Å². The molecule has 0 aliphatic rings. The monoisotopic (exact) mass is 290 g/mol. The molecule has 0 radical (unpaired) electrons. The van der Waals surface area contributed by atoms with E-state index in [1.54, 1.807) is 22.9 Å². The second-order valence-corrected chi connectivity index (χ2v) is 4.54. The van der Waals surface area contributed by atoms with Crippen LogP contribution in [0, 0.1) is 5.82 Å². The molecule has 0 aliphatic carbocycles. The smallest absolute Gasteiger partial charge is 0.335 e. The molecular weight excluding hydrogens is 275 g/mol. The Balaban J connectivity index is 2.25. The van der Waals surface area contributed by atoms with Gasteiger partial charge in [0.15, 0.2) is 0 Å². The molecule has 110 valence electrons. The summed E-state index contributed by atoms with van der Waals surface area (Å²) >= 11 is 0. The summed E-state index contributed by atoms with van der Waals surface area (Å²) in [5.41, 5.74) is 0.164. The van der Waals surface area contributed by atoms with Gasteiger partial charge in [-0.15, -0.1) is 0 Å². The third-order valence-corrected chi connectivity index (χ3v) is 2.99. The number of aromatic nitrogens is 1. The highest BCUT2D eigenvalue weighted by atomic mass is 19.1. The molecule has 1 amide bonds. The number of rotatable bonds is 5. The Morgan fingerprint density at radius 2 is 2.10 bits per heavy atom. The van der Waals surface area contributed by atoms with Crippen molar-refractivity contribution in [2.24, 2.45) is 0 Å². The molecule has 5 nitrogen and oxygen atoms in total.